The van der Waals surface area contributed by atoms with E-state index in [-0.39, 0.29) is 0 Å². The Bertz CT molecular complexity index is 916. The fraction of sp³-hybridized carbons (Fsp3) is 0.167. The van der Waals surface area contributed by atoms with Crippen molar-refractivity contribution in [3.05, 3.63) is 61.4 Å². The van der Waals surface area contributed by atoms with Crippen LogP contribution in [0.25, 0.3) is 22.5 Å². The maximum absolute atomic E-state index is 5.44. The molecule has 3 aromatic heterocycles. The maximum Gasteiger partial charge on any atom is 0.198 e. The summed E-state index contributed by atoms with van der Waals surface area (Å²) in [5.41, 5.74) is 0.899. The fourth-order valence-electron chi connectivity index (χ4n) is 2.61. The zero-order valence-electron chi connectivity index (χ0n) is 13.1. The van der Waals surface area contributed by atoms with Crippen LogP contribution in [0.3, 0.4) is 0 Å². The van der Waals surface area contributed by atoms with Crippen LogP contribution in [0.15, 0.2) is 65.8 Å². The lowest BCUT2D eigenvalue weighted by atomic mass is 10.2. The highest BCUT2D eigenvalue weighted by Gasteiger charge is 2.10. The van der Waals surface area contributed by atoms with Gasteiger partial charge in [-0.1, -0.05) is 12.1 Å². The minimum Gasteiger partial charge on any atom is -0.461 e. The van der Waals surface area contributed by atoms with Crippen LogP contribution in [0.5, 0.6) is 0 Å². The van der Waals surface area contributed by atoms with Gasteiger partial charge in [0, 0.05) is 30.9 Å². The summed E-state index contributed by atoms with van der Waals surface area (Å²) in [5, 5.41) is 4.44. The van der Waals surface area contributed by atoms with Gasteiger partial charge in [-0.25, -0.2) is 15.0 Å². The number of hydrogen-bond acceptors (Lipinski definition) is 5. The van der Waals surface area contributed by atoms with E-state index in [2.05, 4.69) is 24.8 Å². The van der Waals surface area contributed by atoms with E-state index in [1.54, 1.807) is 12.5 Å². The molecule has 1 N–H and O–H groups in total. The van der Waals surface area contributed by atoms with Crippen LogP contribution in [0.1, 0.15) is 6.42 Å². The van der Waals surface area contributed by atoms with Crippen molar-refractivity contribution in [3.8, 4) is 11.6 Å². The number of furan rings is 1. The van der Waals surface area contributed by atoms with Gasteiger partial charge in [-0.3, -0.25) is 0 Å². The Labute approximate surface area is 139 Å². The Morgan fingerprint density at radius 2 is 2.04 bits per heavy atom. The predicted molar refractivity (Wildman–Crippen MR) is 92.6 cm³/mol. The average molecular weight is 319 g/mol. The summed E-state index contributed by atoms with van der Waals surface area (Å²) in [6.45, 7) is 1.73. The molecule has 0 fully saturated rings. The first-order valence-corrected chi connectivity index (χ1v) is 7.90. The highest BCUT2D eigenvalue weighted by molar-refractivity contribution is 5.90. The summed E-state index contributed by atoms with van der Waals surface area (Å²) in [6, 6.07) is 11.7. The van der Waals surface area contributed by atoms with Crippen molar-refractivity contribution in [3.63, 3.8) is 0 Å². The van der Waals surface area contributed by atoms with Gasteiger partial charge in [0.1, 0.15) is 5.82 Å². The Kier molecular flexibility index (Phi) is 3.93. The molecule has 0 spiro atoms. The van der Waals surface area contributed by atoms with Crippen LogP contribution >= 0.6 is 0 Å². The maximum atomic E-state index is 5.44. The summed E-state index contributed by atoms with van der Waals surface area (Å²) in [5.74, 6) is 2.09. The van der Waals surface area contributed by atoms with Gasteiger partial charge in [0.25, 0.3) is 0 Å². The van der Waals surface area contributed by atoms with Crippen molar-refractivity contribution < 1.29 is 4.42 Å². The van der Waals surface area contributed by atoms with Gasteiger partial charge in [0.2, 0.25) is 0 Å². The molecule has 0 unspecified atom stereocenters. The summed E-state index contributed by atoms with van der Waals surface area (Å²) in [7, 11) is 0. The van der Waals surface area contributed by atoms with E-state index in [1.807, 2.05) is 48.9 Å². The number of benzene rings is 1. The van der Waals surface area contributed by atoms with E-state index >= 15 is 0 Å². The molecule has 6 heteroatoms. The van der Waals surface area contributed by atoms with Gasteiger partial charge in [0.15, 0.2) is 11.6 Å². The quantitative estimate of drug-likeness (QED) is 0.550. The smallest absolute Gasteiger partial charge is 0.198 e. The number of rotatable bonds is 6. The fourth-order valence-corrected chi connectivity index (χ4v) is 2.61. The molecule has 1 aromatic carbocycles. The largest absolute Gasteiger partial charge is 0.461 e. The van der Waals surface area contributed by atoms with Crippen LogP contribution in [-0.4, -0.2) is 26.1 Å². The van der Waals surface area contributed by atoms with Crippen molar-refractivity contribution >= 4 is 16.7 Å². The average Bonchev–Trinajstić information content (AvgIpc) is 3.32. The summed E-state index contributed by atoms with van der Waals surface area (Å²) in [6.07, 6.45) is 8.20. The van der Waals surface area contributed by atoms with Gasteiger partial charge in [-0.15, -0.1) is 0 Å². The Hall–Kier alpha value is -3.15. The lowest BCUT2D eigenvalue weighted by molar-refractivity contribution is 0.577. The zero-order chi connectivity index (χ0) is 16.2. The molecule has 0 bridgehead atoms. The normalized spacial score (nSPS) is 11.0. The van der Waals surface area contributed by atoms with Gasteiger partial charge in [-0.05, 0) is 30.7 Å². The van der Waals surface area contributed by atoms with E-state index in [9.17, 15) is 0 Å². The van der Waals surface area contributed by atoms with E-state index < -0.39 is 0 Å². The summed E-state index contributed by atoms with van der Waals surface area (Å²) < 4.78 is 7.50. The Morgan fingerprint density at radius 3 is 2.88 bits per heavy atom. The second kappa shape index (κ2) is 6.54. The van der Waals surface area contributed by atoms with E-state index in [1.165, 1.54) is 0 Å². The molecule has 0 atom stereocenters. The van der Waals surface area contributed by atoms with Crippen LogP contribution in [0, 0.1) is 0 Å². The van der Waals surface area contributed by atoms with Gasteiger partial charge in [0.05, 0.1) is 18.1 Å². The predicted octanol–water partition coefficient (Wildman–Crippen LogP) is 3.59. The molecule has 0 radical (unpaired) electrons. The molecular formula is C18H17N5O. The third kappa shape index (κ3) is 2.99. The van der Waals surface area contributed by atoms with Crippen molar-refractivity contribution in [2.24, 2.45) is 0 Å². The van der Waals surface area contributed by atoms with Crippen molar-refractivity contribution in [2.45, 2.75) is 13.0 Å². The van der Waals surface area contributed by atoms with Crippen LogP contribution in [0.2, 0.25) is 0 Å². The van der Waals surface area contributed by atoms with Gasteiger partial charge in [-0.2, -0.15) is 0 Å². The number of hydrogen-bond donors (Lipinski definition) is 1. The molecule has 0 aliphatic heterocycles. The molecular weight excluding hydrogens is 302 g/mol. The Balaban J connectivity index is 1.56. The van der Waals surface area contributed by atoms with Crippen molar-refractivity contribution in [2.75, 3.05) is 11.9 Å². The second-order valence-electron chi connectivity index (χ2n) is 5.47. The van der Waals surface area contributed by atoms with E-state index in [0.29, 0.717) is 11.6 Å². The molecule has 24 heavy (non-hydrogen) atoms. The molecule has 0 amide bonds. The first-order valence-electron chi connectivity index (χ1n) is 7.90. The lowest BCUT2D eigenvalue weighted by Gasteiger charge is -2.10. The van der Waals surface area contributed by atoms with E-state index in [0.717, 1.165) is 36.2 Å². The van der Waals surface area contributed by atoms with Gasteiger partial charge >= 0.3 is 0 Å². The van der Waals surface area contributed by atoms with E-state index in [4.69, 9.17) is 4.42 Å². The van der Waals surface area contributed by atoms with Gasteiger partial charge < -0.3 is 14.3 Å². The molecule has 0 saturated carbocycles. The molecule has 0 saturated heterocycles. The molecule has 4 rings (SSSR count). The molecule has 6 nitrogen and oxygen atoms in total. The van der Waals surface area contributed by atoms with Crippen LogP contribution in [0.4, 0.5) is 5.82 Å². The summed E-state index contributed by atoms with van der Waals surface area (Å²) >= 11 is 0. The number of nitrogens with one attached hydrogen (secondary N) is 1. The molecule has 3 heterocycles. The summed E-state index contributed by atoms with van der Waals surface area (Å²) in [4.78, 5) is 13.3. The highest BCUT2D eigenvalue weighted by Crippen LogP contribution is 2.25. The minimum atomic E-state index is 0.593. The standard InChI is InChI=1S/C18H17N5O/c1-2-6-15-14(5-1)17(20-8-4-10-23-11-9-19-13-23)22-18(21-15)16-7-3-12-24-16/h1-3,5-7,9,11-13H,4,8,10H2,(H,20,21,22). The third-order valence-electron chi connectivity index (χ3n) is 3.79. The van der Waals surface area contributed by atoms with Crippen molar-refractivity contribution in [1.29, 1.82) is 0 Å². The van der Waals surface area contributed by atoms with Crippen LogP contribution < -0.4 is 5.32 Å². The third-order valence-corrected chi connectivity index (χ3v) is 3.79. The molecule has 0 aliphatic carbocycles. The number of nitrogens with zero attached hydrogens (tertiary/aromatic N) is 4. The molecule has 0 aliphatic rings. The number of imidazole rings is 1. The number of fused-ring (bicyclic) bond motifs is 1. The zero-order valence-corrected chi connectivity index (χ0v) is 13.1. The van der Waals surface area contributed by atoms with Crippen LogP contribution in [-0.2, 0) is 6.54 Å². The number of para-hydroxylation sites is 1. The molecule has 4 aromatic rings. The minimum absolute atomic E-state index is 0.593. The Morgan fingerprint density at radius 1 is 1.08 bits per heavy atom. The first-order chi connectivity index (χ1) is 11.9. The number of anilines is 1. The number of aromatic nitrogens is 4. The monoisotopic (exact) mass is 319 g/mol. The first kappa shape index (κ1) is 14.4. The SMILES string of the molecule is c1coc(-c2nc(NCCCn3ccnc3)c3ccccc3n2)c1. The highest BCUT2D eigenvalue weighted by atomic mass is 16.3. The lowest BCUT2D eigenvalue weighted by Crippen LogP contribution is -2.08. The molecule has 120 valence electrons. The van der Waals surface area contributed by atoms with Crippen molar-refractivity contribution in [1.82, 2.24) is 19.5 Å². The topological polar surface area (TPSA) is 68.8 Å². The number of aryl methyl sites for hydroxylation is 1. The second-order valence-corrected chi connectivity index (χ2v) is 5.47.